The number of sulfonamides is 1. The highest BCUT2D eigenvalue weighted by Gasteiger charge is 2.21. The molecule has 0 saturated carbocycles. The average molecular weight is 519 g/mol. The Morgan fingerprint density at radius 2 is 1.59 bits per heavy atom. The fraction of sp³-hybridized carbons (Fsp3) is 0.250. The first-order valence-corrected chi connectivity index (χ1v) is 13.7. The molecule has 1 heterocycles. The second-order valence-corrected chi connectivity index (χ2v) is 10.6. The summed E-state index contributed by atoms with van der Waals surface area (Å²) >= 11 is 0. The van der Waals surface area contributed by atoms with Gasteiger partial charge in [-0.2, -0.15) is 5.10 Å². The maximum Gasteiger partial charge on any atom is 0.274 e. The summed E-state index contributed by atoms with van der Waals surface area (Å²) in [6, 6.07) is 21.2. The molecule has 3 N–H and O–H groups in total. The van der Waals surface area contributed by atoms with Gasteiger partial charge in [-0.15, -0.1) is 0 Å². The Hall–Kier alpha value is -3.82. The summed E-state index contributed by atoms with van der Waals surface area (Å²) in [5.74, 6) is -0.536. The molecule has 0 spiro atoms. The number of hydrogen-bond donors (Lipinski definition) is 2. The van der Waals surface area contributed by atoms with Crippen LogP contribution in [0.3, 0.4) is 0 Å². The number of aryl methyl sites for hydroxylation is 1. The predicted octanol–water partition coefficient (Wildman–Crippen LogP) is 3.74. The second-order valence-electron chi connectivity index (χ2n) is 8.91. The quantitative estimate of drug-likeness (QED) is 0.308. The lowest BCUT2D eigenvalue weighted by Gasteiger charge is -2.13. The molecule has 8 nitrogen and oxygen atoms in total. The van der Waals surface area contributed by atoms with Crippen LogP contribution in [0.25, 0.3) is 21.9 Å². The standard InChI is InChI=1S/C28H30N4O4S/c1-20-23-9-4-5-11-25(23)28(34)32(30-20)19-21-14-16-22(17-15-21)24-10-6-7-12-26(24)37(35,36)31-27(33)13-3-2-8-18-29/h4-7,9-12,14-17H,2-3,8,13,18-19,29H2,1H3,(H,31,33). The maximum atomic E-state index is 13.0. The van der Waals surface area contributed by atoms with Crippen molar-refractivity contribution < 1.29 is 13.2 Å². The van der Waals surface area contributed by atoms with E-state index in [1.165, 1.54) is 10.7 Å². The molecule has 0 aliphatic heterocycles. The Balaban J connectivity index is 1.55. The van der Waals surface area contributed by atoms with Gasteiger partial charge >= 0.3 is 0 Å². The average Bonchev–Trinajstić information content (AvgIpc) is 2.90. The molecule has 4 aromatic rings. The number of nitrogens with zero attached hydrogens (tertiary/aromatic N) is 2. The first-order valence-electron chi connectivity index (χ1n) is 12.2. The molecule has 0 aliphatic rings. The van der Waals surface area contributed by atoms with Crippen LogP contribution in [-0.2, 0) is 21.4 Å². The molecule has 0 fully saturated rings. The first-order chi connectivity index (χ1) is 17.8. The van der Waals surface area contributed by atoms with Crippen LogP contribution in [0.2, 0.25) is 0 Å². The van der Waals surface area contributed by atoms with Crippen LogP contribution in [-0.4, -0.2) is 30.7 Å². The molecule has 0 aliphatic carbocycles. The summed E-state index contributed by atoms with van der Waals surface area (Å²) in [6.45, 7) is 2.70. The van der Waals surface area contributed by atoms with Crippen LogP contribution in [0.5, 0.6) is 0 Å². The summed E-state index contributed by atoms with van der Waals surface area (Å²) in [5, 5.41) is 5.91. The predicted molar refractivity (Wildman–Crippen MR) is 145 cm³/mol. The Labute approximate surface area is 216 Å². The smallest absolute Gasteiger partial charge is 0.274 e. The number of benzene rings is 3. The van der Waals surface area contributed by atoms with Crippen LogP contribution in [0.1, 0.15) is 36.9 Å². The normalized spacial score (nSPS) is 11.5. The van der Waals surface area contributed by atoms with E-state index >= 15 is 0 Å². The highest BCUT2D eigenvalue weighted by atomic mass is 32.2. The molecular formula is C28H30N4O4S. The topological polar surface area (TPSA) is 124 Å². The zero-order valence-corrected chi connectivity index (χ0v) is 21.5. The molecule has 0 radical (unpaired) electrons. The van der Waals surface area contributed by atoms with Crippen LogP contribution in [0, 0.1) is 6.92 Å². The summed E-state index contributed by atoms with van der Waals surface area (Å²) < 4.78 is 29.6. The summed E-state index contributed by atoms with van der Waals surface area (Å²) in [5.41, 5.74) is 8.07. The molecule has 0 unspecified atom stereocenters. The molecule has 0 atom stereocenters. The molecule has 3 aromatic carbocycles. The lowest BCUT2D eigenvalue weighted by molar-refractivity contribution is -0.119. The molecule has 192 valence electrons. The zero-order valence-electron chi connectivity index (χ0n) is 20.7. The number of unbranched alkanes of at least 4 members (excludes halogenated alkanes) is 2. The number of amides is 1. The number of aromatic nitrogens is 2. The van der Waals surface area contributed by atoms with Crippen molar-refractivity contribution >= 4 is 26.7 Å². The van der Waals surface area contributed by atoms with Crippen molar-refractivity contribution in [3.63, 3.8) is 0 Å². The number of rotatable bonds is 10. The first kappa shape index (κ1) is 26.2. The number of fused-ring (bicyclic) bond motifs is 1. The van der Waals surface area contributed by atoms with Gasteiger partial charge in [-0.05, 0) is 49.6 Å². The molecule has 1 amide bonds. The van der Waals surface area contributed by atoms with Gasteiger partial charge in [0.2, 0.25) is 5.91 Å². The number of carbonyl (C=O) groups excluding carboxylic acids is 1. The summed E-state index contributed by atoms with van der Waals surface area (Å²) in [6.07, 6.45) is 2.27. The third kappa shape index (κ3) is 6.12. The summed E-state index contributed by atoms with van der Waals surface area (Å²) in [7, 11) is -4.05. The molecule has 0 saturated heterocycles. The summed E-state index contributed by atoms with van der Waals surface area (Å²) in [4.78, 5) is 25.2. The minimum atomic E-state index is -4.05. The molecule has 4 rings (SSSR count). The van der Waals surface area contributed by atoms with Crippen molar-refractivity contribution in [1.29, 1.82) is 0 Å². The largest absolute Gasteiger partial charge is 0.330 e. The highest BCUT2D eigenvalue weighted by Crippen LogP contribution is 2.27. The van der Waals surface area contributed by atoms with Crippen molar-refractivity contribution in [2.75, 3.05) is 6.54 Å². The SMILES string of the molecule is Cc1nn(Cc2ccc(-c3ccccc3S(=O)(=O)NC(=O)CCCCCN)cc2)c(=O)c2ccccc12. The van der Waals surface area contributed by atoms with Crippen LogP contribution in [0.4, 0.5) is 0 Å². The monoisotopic (exact) mass is 518 g/mol. The fourth-order valence-corrected chi connectivity index (χ4v) is 5.52. The highest BCUT2D eigenvalue weighted by molar-refractivity contribution is 7.90. The maximum absolute atomic E-state index is 13.0. The van der Waals surface area contributed by atoms with Crippen LogP contribution < -0.4 is 16.0 Å². The third-order valence-corrected chi connectivity index (χ3v) is 7.61. The molecular weight excluding hydrogens is 488 g/mol. The Bertz CT molecular complexity index is 1580. The van der Waals surface area contributed by atoms with E-state index in [0.717, 1.165) is 29.5 Å². The van der Waals surface area contributed by atoms with Gasteiger partial charge in [-0.3, -0.25) is 9.59 Å². The van der Waals surface area contributed by atoms with Crippen molar-refractivity contribution in [2.24, 2.45) is 5.73 Å². The van der Waals surface area contributed by atoms with E-state index in [9.17, 15) is 18.0 Å². The zero-order chi connectivity index (χ0) is 26.4. The van der Waals surface area contributed by atoms with Crippen LogP contribution in [0.15, 0.2) is 82.5 Å². The van der Waals surface area contributed by atoms with E-state index in [2.05, 4.69) is 9.82 Å². The Morgan fingerprint density at radius 1 is 0.919 bits per heavy atom. The second kappa shape index (κ2) is 11.5. The lowest BCUT2D eigenvalue weighted by atomic mass is 10.0. The lowest BCUT2D eigenvalue weighted by Crippen LogP contribution is -2.30. The van der Waals surface area contributed by atoms with Gasteiger partial charge < -0.3 is 5.73 Å². The van der Waals surface area contributed by atoms with Crippen molar-refractivity contribution in [1.82, 2.24) is 14.5 Å². The van der Waals surface area contributed by atoms with Gasteiger partial charge in [-0.25, -0.2) is 17.8 Å². The Morgan fingerprint density at radius 3 is 2.32 bits per heavy atom. The number of carbonyl (C=O) groups is 1. The van der Waals surface area contributed by atoms with Gasteiger partial charge in [0, 0.05) is 17.4 Å². The van der Waals surface area contributed by atoms with Gasteiger partial charge in [0.05, 0.1) is 22.5 Å². The minimum absolute atomic E-state index is 0.0288. The van der Waals surface area contributed by atoms with Crippen molar-refractivity contribution in [2.45, 2.75) is 44.0 Å². The van der Waals surface area contributed by atoms with E-state index in [4.69, 9.17) is 5.73 Å². The number of nitrogens with two attached hydrogens (primary N) is 1. The molecule has 9 heteroatoms. The van der Waals surface area contributed by atoms with Gasteiger partial charge in [0.25, 0.3) is 15.6 Å². The number of nitrogens with one attached hydrogen (secondary N) is 1. The van der Waals surface area contributed by atoms with E-state index in [1.807, 2.05) is 37.3 Å². The van der Waals surface area contributed by atoms with Crippen molar-refractivity contribution in [3.05, 3.63) is 94.4 Å². The molecule has 0 bridgehead atoms. The van der Waals surface area contributed by atoms with Gasteiger partial charge in [-0.1, -0.05) is 67.1 Å². The minimum Gasteiger partial charge on any atom is -0.330 e. The van der Waals surface area contributed by atoms with E-state index in [-0.39, 0.29) is 23.4 Å². The van der Waals surface area contributed by atoms with E-state index in [1.54, 1.807) is 36.4 Å². The molecule has 1 aromatic heterocycles. The van der Waals surface area contributed by atoms with Crippen LogP contribution >= 0.6 is 0 Å². The van der Waals surface area contributed by atoms with Gasteiger partial charge in [0.15, 0.2) is 0 Å². The third-order valence-electron chi connectivity index (χ3n) is 6.18. The van der Waals surface area contributed by atoms with E-state index in [0.29, 0.717) is 29.5 Å². The number of hydrogen-bond acceptors (Lipinski definition) is 6. The van der Waals surface area contributed by atoms with E-state index < -0.39 is 15.9 Å². The van der Waals surface area contributed by atoms with Crippen molar-refractivity contribution in [3.8, 4) is 11.1 Å². The molecule has 37 heavy (non-hydrogen) atoms. The Kier molecular flexibility index (Phi) is 8.15. The fourth-order valence-electron chi connectivity index (χ4n) is 4.28. The van der Waals surface area contributed by atoms with Gasteiger partial charge in [0.1, 0.15) is 0 Å².